The Morgan fingerprint density at radius 2 is 1.59 bits per heavy atom. The first-order valence-corrected chi connectivity index (χ1v) is 11.3. The summed E-state index contributed by atoms with van der Waals surface area (Å²) in [5.74, 6) is -0.319. The van der Waals surface area contributed by atoms with E-state index in [9.17, 15) is 13.2 Å². The van der Waals surface area contributed by atoms with Crippen LogP contribution in [0.5, 0.6) is 0 Å². The molecule has 0 fully saturated rings. The van der Waals surface area contributed by atoms with Crippen LogP contribution in [0, 0.1) is 6.92 Å². The normalized spacial score (nSPS) is 12.0. The summed E-state index contributed by atoms with van der Waals surface area (Å²) in [6.45, 7) is 7.58. The number of carbonyl (C=O) groups excluding carboxylic acids is 1. The maximum Gasteiger partial charge on any atom is 0.338 e. The average molecular weight is 419 g/mol. The van der Waals surface area contributed by atoms with Gasteiger partial charge in [0.1, 0.15) is 5.60 Å². The Hall–Kier alpha value is -2.18. The van der Waals surface area contributed by atoms with Crippen molar-refractivity contribution in [2.24, 2.45) is 0 Å². The van der Waals surface area contributed by atoms with Gasteiger partial charge in [0.05, 0.1) is 17.1 Å². The van der Waals surface area contributed by atoms with Crippen LogP contribution < -0.4 is 0 Å². The largest absolute Gasteiger partial charge is 0.456 e. The molecular weight excluding hydrogens is 388 g/mol. The summed E-state index contributed by atoms with van der Waals surface area (Å²) in [7, 11) is -3.71. The number of unbranched alkanes of at least 4 members (excludes halogenated alkanes) is 2. The molecule has 0 aliphatic rings. The standard InChI is InChI=1S/C23H30O5S/c1-18-13-15-20(16-14-18)29(25,26)27-17-9-5-6-10-19-11-7-8-12-21(19)22(24)28-23(2,3)4/h7-8,11-16H,5-6,9-10,17H2,1-4H3. The fraction of sp³-hybridized carbons (Fsp3) is 0.435. The molecule has 29 heavy (non-hydrogen) atoms. The van der Waals surface area contributed by atoms with Crippen molar-refractivity contribution < 1.29 is 22.1 Å². The van der Waals surface area contributed by atoms with Crippen LogP contribution in [-0.2, 0) is 25.5 Å². The van der Waals surface area contributed by atoms with Gasteiger partial charge in [0.25, 0.3) is 10.1 Å². The lowest BCUT2D eigenvalue weighted by Crippen LogP contribution is -2.24. The molecule has 0 aliphatic heterocycles. The van der Waals surface area contributed by atoms with Crippen molar-refractivity contribution in [1.82, 2.24) is 0 Å². The van der Waals surface area contributed by atoms with E-state index in [1.54, 1.807) is 30.3 Å². The van der Waals surface area contributed by atoms with Crippen LogP contribution in [-0.4, -0.2) is 26.6 Å². The Kier molecular flexibility index (Phi) is 7.99. The van der Waals surface area contributed by atoms with Gasteiger partial charge in [0.2, 0.25) is 0 Å². The molecule has 0 atom stereocenters. The predicted octanol–water partition coefficient (Wildman–Crippen LogP) is 5.07. The third-order valence-electron chi connectivity index (χ3n) is 4.27. The number of ether oxygens (including phenoxy) is 1. The number of esters is 1. The molecule has 2 aromatic rings. The molecule has 0 unspecified atom stereocenters. The van der Waals surface area contributed by atoms with Gasteiger partial charge in [-0.15, -0.1) is 0 Å². The van der Waals surface area contributed by atoms with Crippen LogP contribution in [0.3, 0.4) is 0 Å². The van der Waals surface area contributed by atoms with Crippen molar-refractivity contribution in [2.45, 2.75) is 63.9 Å². The molecule has 6 heteroatoms. The SMILES string of the molecule is Cc1ccc(S(=O)(=O)OCCCCCc2ccccc2C(=O)OC(C)(C)C)cc1. The van der Waals surface area contributed by atoms with Gasteiger partial charge >= 0.3 is 5.97 Å². The van der Waals surface area contributed by atoms with Crippen molar-refractivity contribution in [2.75, 3.05) is 6.61 Å². The Balaban J connectivity index is 1.80. The molecule has 2 rings (SSSR count). The first-order valence-electron chi connectivity index (χ1n) is 9.86. The Labute approximate surface area is 174 Å². The fourth-order valence-electron chi connectivity index (χ4n) is 2.81. The minimum atomic E-state index is -3.71. The topological polar surface area (TPSA) is 69.7 Å². The highest BCUT2D eigenvalue weighted by atomic mass is 32.2. The van der Waals surface area contributed by atoms with E-state index < -0.39 is 15.7 Å². The zero-order chi connectivity index (χ0) is 21.5. The lowest BCUT2D eigenvalue weighted by molar-refractivity contribution is 0.00682. The first kappa shape index (κ1) is 23.1. The van der Waals surface area contributed by atoms with E-state index in [1.165, 1.54) is 0 Å². The van der Waals surface area contributed by atoms with Crippen molar-refractivity contribution in [3.05, 3.63) is 65.2 Å². The number of hydrogen-bond acceptors (Lipinski definition) is 5. The summed E-state index contributed by atoms with van der Waals surface area (Å²) < 4.78 is 34.9. The summed E-state index contributed by atoms with van der Waals surface area (Å²) in [5, 5.41) is 0. The van der Waals surface area contributed by atoms with Crippen molar-refractivity contribution in [1.29, 1.82) is 0 Å². The van der Waals surface area contributed by atoms with Crippen molar-refractivity contribution in [3.8, 4) is 0 Å². The summed E-state index contributed by atoms with van der Waals surface area (Å²) in [6.07, 6.45) is 2.97. The Morgan fingerprint density at radius 3 is 2.24 bits per heavy atom. The maximum atomic E-state index is 12.4. The number of benzene rings is 2. The van der Waals surface area contributed by atoms with Gasteiger partial charge in [-0.25, -0.2) is 4.79 Å². The monoisotopic (exact) mass is 418 g/mol. The van der Waals surface area contributed by atoms with Crippen LogP contribution in [0.2, 0.25) is 0 Å². The van der Waals surface area contributed by atoms with Gasteiger partial charge in [-0.3, -0.25) is 4.18 Å². The highest BCUT2D eigenvalue weighted by molar-refractivity contribution is 7.86. The molecule has 0 bridgehead atoms. The molecule has 0 saturated heterocycles. The van der Waals surface area contributed by atoms with Gasteiger partial charge in [-0.05, 0) is 70.7 Å². The van der Waals surface area contributed by atoms with Crippen LogP contribution in [0.1, 0.15) is 61.5 Å². The highest BCUT2D eigenvalue weighted by Crippen LogP contribution is 2.18. The summed E-state index contributed by atoms with van der Waals surface area (Å²) >= 11 is 0. The quantitative estimate of drug-likeness (QED) is 0.323. The van der Waals surface area contributed by atoms with E-state index in [0.717, 1.165) is 30.4 Å². The third kappa shape index (κ3) is 7.63. The molecule has 158 valence electrons. The molecule has 0 aromatic heterocycles. The van der Waals surface area contributed by atoms with Crippen LogP contribution in [0.15, 0.2) is 53.4 Å². The van der Waals surface area contributed by atoms with E-state index in [0.29, 0.717) is 12.0 Å². The Morgan fingerprint density at radius 1 is 0.931 bits per heavy atom. The molecular formula is C23H30O5S. The van der Waals surface area contributed by atoms with Gasteiger partial charge in [-0.1, -0.05) is 42.3 Å². The van der Waals surface area contributed by atoms with E-state index in [1.807, 2.05) is 45.9 Å². The number of carbonyl (C=O) groups is 1. The Bertz CT molecular complexity index is 909. The second kappa shape index (κ2) is 10.0. The second-order valence-electron chi connectivity index (χ2n) is 8.06. The molecule has 0 amide bonds. The van der Waals surface area contributed by atoms with Gasteiger partial charge in [-0.2, -0.15) is 8.42 Å². The molecule has 2 aromatic carbocycles. The molecule has 0 spiro atoms. The fourth-order valence-corrected chi connectivity index (χ4v) is 3.75. The third-order valence-corrected chi connectivity index (χ3v) is 5.60. The van der Waals surface area contributed by atoms with Gasteiger partial charge in [0.15, 0.2) is 0 Å². The molecule has 0 radical (unpaired) electrons. The lowest BCUT2D eigenvalue weighted by atomic mass is 10.0. The molecule has 0 aliphatic carbocycles. The first-order chi connectivity index (χ1) is 13.6. The lowest BCUT2D eigenvalue weighted by Gasteiger charge is -2.20. The molecule has 0 heterocycles. The van der Waals surface area contributed by atoms with Crippen LogP contribution in [0.4, 0.5) is 0 Å². The van der Waals surface area contributed by atoms with E-state index in [2.05, 4.69) is 0 Å². The molecule has 5 nitrogen and oxygen atoms in total. The summed E-state index contributed by atoms with van der Waals surface area (Å²) in [6, 6.07) is 14.0. The smallest absolute Gasteiger partial charge is 0.338 e. The van der Waals surface area contributed by atoms with Gasteiger partial charge in [0, 0.05) is 0 Å². The maximum absolute atomic E-state index is 12.4. The molecule has 0 saturated carbocycles. The highest BCUT2D eigenvalue weighted by Gasteiger charge is 2.20. The minimum Gasteiger partial charge on any atom is -0.456 e. The average Bonchev–Trinajstić information content (AvgIpc) is 2.64. The minimum absolute atomic E-state index is 0.143. The second-order valence-corrected chi connectivity index (χ2v) is 9.67. The number of hydrogen-bond donors (Lipinski definition) is 0. The van der Waals surface area contributed by atoms with Gasteiger partial charge < -0.3 is 4.74 Å². The van der Waals surface area contributed by atoms with E-state index >= 15 is 0 Å². The van der Waals surface area contributed by atoms with Crippen molar-refractivity contribution in [3.63, 3.8) is 0 Å². The van der Waals surface area contributed by atoms with E-state index in [-0.39, 0.29) is 17.5 Å². The number of aryl methyl sites for hydroxylation is 2. The number of rotatable bonds is 9. The van der Waals surface area contributed by atoms with E-state index in [4.69, 9.17) is 8.92 Å². The zero-order valence-electron chi connectivity index (χ0n) is 17.6. The van der Waals surface area contributed by atoms with Crippen molar-refractivity contribution >= 4 is 16.1 Å². The zero-order valence-corrected chi connectivity index (χ0v) is 18.4. The van der Waals surface area contributed by atoms with Crippen LogP contribution >= 0.6 is 0 Å². The predicted molar refractivity (Wildman–Crippen MR) is 113 cm³/mol. The van der Waals surface area contributed by atoms with Crippen LogP contribution in [0.25, 0.3) is 0 Å². The molecule has 0 N–H and O–H groups in total. The summed E-state index contributed by atoms with van der Waals surface area (Å²) in [5.41, 5.74) is 1.98. The summed E-state index contributed by atoms with van der Waals surface area (Å²) in [4.78, 5) is 12.5.